The van der Waals surface area contributed by atoms with Crippen LogP contribution >= 0.6 is 0 Å². The van der Waals surface area contributed by atoms with E-state index in [1.807, 2.05) is 13.0 Å². The highest BCUT2D eigenvalue weighted by molar-refractivity contribution is 5.87. The minimum absolute atomic E-state index is 0.0695. The van der Waals surface area contributed by atoms with Crippen molar-refractivity contribution in [2.45, 2.75) is 32.7 Å². The van der Waals surface area contributed by atoms with Crippen LogP contribution in [0.2, 0.25) is 0 Å². The molecule has 0 rings (SSSR count). The molecule has 0 aromatic heterocycles. The molecule has 0 saturated carbocycles. The molecule has 15 heavy (non-hydrogen) atoms. The first-order chi connectivity index (χ1) is 7.06. The van der Waals surface area contributed by atoms with Crippen molar-refractivity contribution in [3.05, 3.63) is 24.3 Å². The molecule has 0 aliphatic heterocycles. The van der Waals surface area contributed by atoms with Crippen LogP contribution in [0.5, 0.6) is 0 Å². The van der Waals surface area contributed by atoms with Crippen molar-refractivity contribution in [1.82, 2.24) is 5.32 Å². The number of nitrogens with one attached hydrogen (secondary N) is 1. The van der Waals surface area contributed by atoms with Crippen LogP contribution in [0.25, 0.3) is 0 Å². The SMILES string of the molecule is CC=CC=CC(=O)NC(C)CCC(=O)O. The summed E-state index contributed by atoms with van der Waals surface area (Å²) in [5.74, 6) is -1.05. The van der Waals surface area contributed by atoms with Gasteiger partial charge in [-0.2, -0.15) is 0 Å². The van der Waals surface area contributed by atoms with Gasteiger partial charge in [0.25, 0.3) is 0 Å². The molecule has 2 N–H and O–H groups in total. The molecule has 1 amide bonds. The smallest absolute Gasteiger partial charge is 0.303 e. The van der Waals surface area contributed by atoms with Crippen molar-refractivity contribution in [2.24, 2.45) is 0 Å². The second kappa shape index (κ2) is 7.79. The number of carbonyl (C=O) groups excluding carboxylic acids is 1. The van der Waals surface area contributed by atoms with Gasteiger partial charge in [0.2, 0.25) is 5.91 Å². The van der Waals surface area contributed by atoms with Crippen LogP contribution in [0.1, 0.15) is 26.7 Å². The number of carboxylic acids is 1. The number of amides is 1. The zero-order chi connectivity index (χ0) is 11.7. The van der Waals surface area contributed by atoms with E-state index in [-0.39, 0.29) is 18.4 Å². The van der Waals surface area contributed by atoms with E-state index in [4.69, 9.17) is 5.11 Å². The predicted octanol–water partition coefficient (Wildman–Crippen LogP) is 1.49. The normalized spacial score (nSPS) is 13.2. The molecule has 0 aromatic rings. The van der Waals surface area contributed by atoms with Crippen LogP contribution in [-0.4, -0.2) is 23.0 Å². The Morgan fingerprint density at radius 2 is 2.07 bits per heavy atom. The van der Waals surface area contributed by atoms with E-state index in [1.54, 1.807) is 19.1 Å². The first-order valence-corrected chi connectivity index (χ1v) is 4.88. The van der Waals surface area contributed by atoms with Crippen LogP contribution in [0.15, 0.2) is 24.3 Å². The molecule has 0 saturated heterocycles. The van der Waals surface area contributed by atoms with Crippen LogP contribution in [0.3, 0.4) is 0 Å². The molecule has 0 fully saturated rings. The Hall–Kier alpha value is -1.58. The van der Waals surface area contributed by atoms with E-state index in [0.29, 0.717) is 6.42 Å². The maximum Gasteiger partial charge on any atom is 0.303 e. The van der Waals surface area contributed by atoms with Crippen molar-refractivity contribution < 1.29 is 14.7 Å². The monoisotopic (exact) mass is 211 g/mol. The summed E-state index contributed by atoms with van der Waals surface area (Å²) in [4.78, 5) is 21.5. The van der Waals surface area contributed by atoms with Crippen molar-refractivity contribution >= 4 is 11.9 Å². The van der Waals surface area contributed by atoms with Gasteiger partial charge in [0.05, 0.1) is 0 Å². The summed E-state index contributed by atoms with van der Waals surface area (Å²) in [6, 6.07) is -0.121. The summed E-state index contributed by atoms with van der Waals surface area (Å²) in [6.45, 7) is 3.64. The van der Waals surface area contributed by atoms with Crippen molar-refractivity contribution in [3.8, 4) is 0 Å². The Morgan fingerprint density at radius 3 is 2.60 bits per heavy atom. The molecule has 0 heterocycles. The molecule has 84 valence electrons. The highest BCUT2D eigenvalue weighted by atomic mass is 16.4. The van der Waals surface area contributed by atoms with Crippen LogP contribution < -0.4 is 5.32 Å². The first-order valence-electron chi connectivity index (χ1n) is 4.88. The lowest BCUT2D eigenvalue weighted by Crippen LogP contribution is -2.31. The fourth-order valence-corrected chi connectivity index (χ4v) is 0.957. The van der Waals surface area contributed by atoms with Crippen LogP contribution in [-0.2, 0) is 9.59 Å². The molecular weight excluding hydrogens is 194 g/mol. The third-order valence-corrected chi connectivity index (χ3v) is 1.73. The van der Waals surface area contributed by atoms with Crippen molar-refractivity contribution in [2.75, 3.05) is 0 Å². The van der Waals surface area contributed by atoms with Gasteiger partial charge < -0.3 is 10.4 Å². The van der Waals surface area contributed by atoms with E-state index >= 15 is 0 Å². The standard InChI is InChI=1S/C11H17NO3/c1-3-4-5-6-10(13)12-9(2)7-8-11(14)15/h3-6,9H,7-8H2,1-2H3,(H,12,13)(H,14,15). The lowest BCUT2D eigenvalue weighted by molar-refractivity contribution is -0.137. The van der Waals surface area contributed by atoms with Gasteiger partial charge in [-0.15, -0.1) is 0 Å². The van der Waals surface area contributed by atoms with Gasteiger partial charge in [0, 0.05) is 18.5 Å². The molecule has 0 aliphatic rings. The number of hydrogen-bond donors (Lipinski definition) is 2. The van der Waals surface area contributed by atoms with Crippen molar-refractivity contribution in [3.63, 3.8) is 0 Å². The Morgan fingerprint density at radius 1 is 1.40 bits per heavy atom. The van der Waals surface area contributed by atoms with Gasteiger partial charge >= 0.3 is 5.97 Å². The fraction of sp³-hybridized carbons (Fsp3) is 0.455. The molecule has 0 aromatic carbocycles. The Kier molecular flexibility index (Phi) is 6.97. The Balaban J connectivity index is 3.80. The Bertz CT molecular complexity index is 269. The molecule has 0 spiro atoms. The number of carboxylic acid groups (broad SMARTS) is 1. The lowest BCUT2D eigenvalue weighted by atomic mass is 10.2. The largest absolute Gasteiger partial charge is 0.481 e. The number of allylic oxidation sites excluding steroid dienone is 3. The predicted molar refractivity (Wildman–Crippen MR) is 58.4 cm³/mol. The number of aliphatic carboxylic acids is 1. The highest BCUT2D eigenvalue weighted by Gasteiger charge is 2.06. The quantitative estimate of drug-likeness (QED) is 0.516. The Labute approximate surface area is 89.7 Å². The van der Waals surface area contributed by atoms with E-state index in [0.717, 1.165) is 0 Å². The summed E-state index contributed by atoms with van der Waals surface area (Å²) in [5, 5.41) is 11.1. The summed E-state index contributed by atoms with van der Waals surface area (Å²) in [7, 11) is 0. The molecule has 1 atom stereocenters. The van der Waals surface area contributed by atoms with Gasteiger partial charge in [-0.3, -0.25) is 9.59 Å². The van der Waals surface area contributed by atoms with Gasteiger partial charge in [-0.1, -0.05) is 18.2 Å². The third-order valence-electron chi connectivity index (χ3n) is 1.73. The molecule has 0 bridgehead atoms. The van der Waals surface area contributed by atoms with E-state index in [9.17, 15) is 9.59 Å². The first kappa shape index (κ1) is 13.4. The maximum absolute atomic E-state index is 11.2. The molecule has 0 radical (unpaired) electrons. The minimum Gasteiger partial charge on any atom is -0.481 e. The lowest BCUT2D eigenvalue weighted by Gasteiger charge is -2.10. The van der Waals surface area contributed by atoms with Crippen LogP contribution in [0, 0.1) is 0 Å². The molecule has 0 aliphatic carbocycles. The minimum atomic E-state index is -0.847. The summed E-state index contributed by atoms with van der Waals surface area (Å²) in [6.07, 6.45) is 7.13. The van der Waals surface area contributed by atoms with Gasteiger partial charge in [-0.25, -0.2) is 0 Å². The molecule has 4 heteroatoms. The number of carbonyl (C=O) groups is 2. The van der Waals surface area contributed by atoms with E-state index < -0.39 is 5.97 Å². The molecule has 1 unspecified atom stereocenters. The van der Waals surface area contributed by atoms with Gasteiger partial charge in [0.15, 0.2) is 0 Å². The second-order valence-electron chi connectivity index (χ2n) is 3.23. The topological polar surface area (TPSA) is 66.4 Å². The summed E-state index contributed by atoms with van der Waals surface area (Å²) in [5.41, 5.74) is 0. The van der Waals surface area contributed by atoms with Gasteiger partial charge in [-0.05, 0) is 20.3 Å². The van der Waals surface area contributed by atoms with E-state index in [1.165, 1.54) is 6.08 Å². The maximum atomic E-state index is 11.2. The summed E-state index contributed by atoms with van der Waals surface area (Å²) < 4.78 is 0. The second-order valence-corrected chi connectivity index (χ2v) is 3.23. The average Bonchev–Trinajstić information content (AvgIpc) is 2.15. The average molecular weight is 211 g/mol. The zero-order valence-corrected chi connectivity index (χ0v) is 9.06. The highest BCUT2D eigenvalue weighted by Crippen LogP contribution is 1.96. The van der Waals surface area contributed by atoms with E-state index in [2.05, 4.69) is 5.32 Å². The third kappa shape index (κ3) is 8.74. The molecular formula is C11H17NO3. The molecule has 4 nitrogen and oxygen atoms in total. The summed E-state index contributed by atoms with van der Waals surface area (Å²) >= 11 is 0. The van der Waals surface area contributed by atoms with Crippen molar-refractivity contribution in [1.29, 1.82) is 0 Å². The van der Waals surface area contributed by atoms with Gasteiger partial charge in [0.1, 0.15) is 0 Å². The number of hydrogen-bond acceptors (Lipinski definition) is 2. The zero-order valence-electron chi connectivity index (χ0n) is 9.06. The number of rotatable bonds is 6. The fourth-order valence-electron chi connectivity index (χ4n) is 0.957. The van der Waals surface area contributed by atoms with Crippen LogP contribution in [0.4, 0.5) is 0 Å².